The lowest BCUT2D eigenvalue weighted by atomic mass is 9.87. The molecule has 2 atom stereocenters. The van der Waals surface area contributed by atoms with Crippen LogP contribution in [0.25, 0.3) is 0 Å². The minimum Gasteiger partial charge on any atom is -0.393 e. The molecule has 0 bridgehead atoms. The fraction of sp³-hybridized carbons (Fsp3) is 1.00. The van der Waals surface area contributed by atoms with Crippen molar-refractivity contribution in [1.82, 2.24) is 0 Å². The zero-order valence-electron chi connectivity index (χ0n) is 10.00. The Bertz CT molecular complexity index is 125. The van der Waals surface area contributed by atoms with Crippen LogP contribution in [0.15, 0.2) is 0 Å². The fourth-order valence-corrected chi connectivity index (χ4v) is 1.87. The van der Waals surface area contributed by atoms with Gasteiger partial charge in [-0.3, -0.25) is 0 Å². The van der Waals surface area contributed by atoms with Crippen LogP contribution in [-0.4, -0.2) is 17.8 Å². The molecule has 0 rings (SSSR count). The number of aliphatic hydroxyl groups excluding tert-OH is 1. The first kappa shape index (κ1) is 13.9. The average molecular weight is 201 g/mol. The van der Waals surface area contributed by atoms with E-state index < -0.39 is 0 Å². The average Bonchev–Trinajstić information content (AvgIpc) is 2.13. The van der Waals surface area contributed by atoms with Crippen molar-refractivity contribution in [2.45, 2.75) is 59.0 Å². The molecular weight excluding hydrogens is 174 g/mol. The van der Waals surface area contributed by atoms with Crippen LogP contribution in [0, 0.1) is 11.8 Å². The Hall–Kier alpha value is -0.0800. The number of nitrogens with two attached hydrogens (primary N) is 1. The molecule has 0 amide bonds. The van der Waals surface area contributed by atoms with Gasteiger partial charge in [-0.15, -0.1) is 0 Å². The predicted molar refractivity (Wildman–Crippen MR) is 62.1 cm³/mol. The van der Waals surface area contributed by atoms with Crippen LogP contribution in [0.3, 0.4) is 0 Å². The molecule has 0 aromatic carbocycles. The van der Waals surface area contributed by atoms with Crippen LogP contribution in [0.1, 0.15) is 52.9 Å². The third kappa shape index (κ3) is 5.61. The second kappa shape index (κ2) is 8.25. The highest BCUT2D eigenvalue weighted by Crippen LogP contribution is 2.18. The molecule has 0 aromatic rings. The van der Waals surface area contributed by atoms with Crippen LogP contribution in [-0.2, 0) is 0 Å². The number of aliphatic hydroxyl groups is 1. The summed E-state index contributed by atoms with van der Waals surface area (Å²) in [5.74, 6) is 0.762. The maximum absolute atomic E-state index is 9.90. The molecule has 2 unspecified atom stereocenters. The smallest absolute Gasteiger partial charge is 0.0582 e. The van der Waals surface area contributed by atoms with Gasteiger partial charge in [-0.25, -0.2) is 0 Å². The summed E-state index contributed by atoms with van der Waals surface area (Å²) in [6.07, 6.45) is 5.63. The van der Waals surface area contributed by atoms with Crippen molar-refractivity contribution in [3.63, 3.8) is 0 Å². The maximum Gasteiger partial charge on any atom is 0.0582 e. The predicted octanol–water partition coefficient (Wildman–Crippen LogP) is 2.55. The Balaban J connectivity index is 3.64. The summed E-state index contributed by atoms with van der Waals surface area (Å²) in [6.45, 7) is 7.07. The molecule has 0 aliphatic heterocycles. The molecule has 0 saturated heterocycles. The van der Waals surface area contributed by atoms with Crippen molar-refractivity contribution in [1.29, 1.82) is 0 Å². The molecule has 0 fully saturated rings. The normalized spacial score (nSPS) is 15.9. The van der Waals surface area contributed by atoms with E-state index in [-0.39, 0.29) is 12.0 Å². The van der Waals surface area contributed by atoms with Gasteiger partial charge in [-0.05, 0) is 24.8 Å². The van der Waals surface area contributed by atoms with Crippen molar-refractivity contribution in [3.8, 4) is 0 Å². The molecule has 0 aromatic heterocycles. The first-order chi connectivity index (χ1) is 6.63. The van der Waals surface area contributed by atoms with Crippen LogP contribution in [0.4, 0.5) is 0 Å². The second-order valence-corrected chi connectivity index (χ2v) is 4.56. The third-order valence-corrected chi connectivity index (χ3v) is 2.98. The quantitative estimate of drug-likeness (QED) is 0.593. The zero-order valence-corrected chi connectivity index (χ0v) is 10.00. The van der Waals surface area contributed by atoms with E-state index in [1.165, 1.54) is 19.3 Å². The number of rotatable bonds is 8. The molecule has 0 aliphatic carbocycles. The minimum absolute atomic E-state index is 0.197. The lowest BCUT2D eigenvalue weighted by Crippen LogP contribution is -2.31. The van der Waals surface area contributed by atoms with E-state index in [0.717, 1.165) is 12.8 Å². The summed E-state index contributed by atoms with van der Waals surface area (Å²) in [5, 5.41) is 9.90. The number of unbranched alkanes of at least 4 members (excludes halogenated alkanes) is 3. The Morgan fingerprint density at radius 1 is 1.14 bits per heavy atom. The van der Waals surface area contributed by atoms with Gasteiger partial charge in [-0.1, -0.05) is 46.5 Å². The van der Waals surface area contributed by atoms with E-state index in [0.29, 0.717) is 12.5 Å². The first-order valence-electron chi connectivity index (χ1n) is 6.01. The standard InChI is InChI=1S/C12H27NO/c1-4-5-6-7-8-12(14)11(9-13)10(2)3/h10-12,14H,4-9,13H2,1-3H3. The summed E-state index contributed by atoms with van der Waals surface area (Å²) in [6, 6.07) is 0. The molecule has 14 heavy (non-hydrogen) atoms. The van der Waals surface area contributed by atoms with Gasteiger partial charge >= 0.3 is 0 Å². The molecular formula is C12H27NO. The zero-order chi connectivity index (χ0) is 11.0. The molecule has 0 heterocycles. The van der Waals surface area contributed by atoms with E-state index in [2.05, 4.69) is 20.8 Å². The largest absolute Gasteiger partial charge is 0.393 e. The Morgan fingerprint density at radius 2 is 1.79 bits per heavy atom. The van der Waals surface area contributed by atoms with Gasteiger partial charge in [-0.2, -0.15) is 0 Å². The van der Waals surface area contributed by atoms with Crippen molar-refractivity contribution in [2.75, 3.05) is 6.54 Å². The molecule has 0 radical (unpaired) electrons. The topological polar surface area (TPSA) is 46.2 Å². The minimum atomic E-state index is -0.197. The van der Waals surface area contributed by atoms with Gasteiger partial charge in [0.05, 0.1) is 6.10 Å². The first-order valence-corrected chi connectivity index (χ1v) is 6.01. The van der Waals surface area contributed by atoms with Gasteiger partial charge in [0, 0.05) is 0 Å². The summed E-state index contributed by atoms with van der Waals surface area (Å²) < 4.78 is 0. The van der Waals surface area contributed by atoms with E-state index in [9.17, 15) is 5.11 Å². The van der Waals surface area contributed by atoms with Gasteiger partial charge in [0.2, 0.25) is 0 Å². The van der Waals surface area contributed by atoms with E-state index >= 15 is 0 Å². The lowest BCUT2D eigenvalue weighted by Gasteiger charge is -2.24. The fourth-order valence-electron chi connectivity index (χ4n) is 1.87. The molecule has 0 spiro atoms. The van der Waals surface area contributed by atoms with Gasteiger partial charge in [0.1, 0.15) is 0 Å². The van der Waals surface area contributed by atoms with Gasteiger partial charge < -0.3 is 10.8 Å². The SMILES string of the molecule is CCCCCCC(O)C(CN)C(C)C. The highest BCUT2D eigenvalue weighted by molar-refractivity contribution is 4.72. The van der Waals surface area contributed by atoms with Gasteiger partial charge in [0.15, 0.2) is 0 Å². The summed E-state index contributed by atoms with van der Waals surface area (Å²) in [7, 11) is 0. The summed E-state index contributed by atoms with van der Waals surface area (Å²) >= 11 is 0. The monoisotopic (exact) mass is 201 g/mol. The Kier molecular flexibility index (Phi) is 8.20. The van der Waals surface area contributed by atoms with Crippen molar-refractivity contribution in [3.05, 3.63) is 0 Å². The van der Waals surface area contributed by atoms with E-state index in [4.69, 9.17) is 5.73 Å². The summed E-state index contributed by atoms with van der Waals surface area (Å²) in [5.41, 5.74) is 5.65. The third-order valence-electron chi connectivity index (χ3n) is 2.98. The molecule has 2 heteroatoms. The van der Waals surface area contributed by atoms with Crippen LogP contribution in [0.2, 0.25) is 0 Å². The second-order valence-electron chi connectivity index (χ2n) is 4.56. The lowest BCUT2D eigenvalue weighted by molar-refractivity contribution is 0.0758. The van der Waals surface area contributed by atoms with E-state index in [1.807, 2.05) is 0 Å². The molecule has 3 N–H and O–H groups in total. The summed E-state index contributed by atoms with van der Waals surface area (Å²) in [4.78, 5) is 0. The van der Waals surface area contributed by atoms with Gasteiger partial charge in [0.25, 0.3) is 0 Å². The number of hydrogen-bond acceptors (Lipinski definition) is 2. The van der Waals surface area contributed by atoms with Crippen LogP contribution >= 0.6 is 0 Å². The highest BCUT2D eigenvalue weighted by Gasteiger charge is 2.20. The Labute approximate surface area is 88.9 Å². The van der Waals surface area contributed by atoms with Crippen LogP contribution in [0.5, 0.6) is 0 Å². The molecule has 86 valence electrons. The van der Waals surface area contributed by atoms with Crippen molar-refractivity contribution >= 4 is 0 Å². The van der Waals surface area contributed by atoms with Crippen molar-refractivity contribution < 1.29 is 5.11 Å². The van der Waals surface area contributed by atoms with Crippen molar-refractivity contribution in [2.24, 2.45) is 17.6 Å². The maximum atomic E-state index is 9.90. The molecule has 0 aliphatic rings. The molecule has 2 nitrogen and oxygen atoms in total. The van der Waals surface area contributed by atoms with Crippen LogP contribution < -0.4 is 5.73 Å². The Morgan fingerprint density at radius 3 is 2.21 bits per heavy atom. The number of hydrogen-bond donors (Lipinski definition) is 2. The molecule has 0 saturated carbocycles. The highest BCUT2D eigenvalue weighted by atomic mass is 16.3. The van der Waals surface area contributed by atoms with E-state index in [1.54, 1.807) is 0 Å².